The van der Waals surface area contributed by atoms with Gasteiger partial charge in [-0.25, -0.2) is 10.0 Å². The molecule has 0 aromatic rings. The number of hydrogen-bond donors (Lipinski definition) is 0. The first-order valence-corrected chi connectivity index (χ1v) is 8.00. The molecule has 0 bridgehead atoms. The molecule has 0 aromatic carbocycles. The molecule has 1 atom stereocenters. The van der Waals surface area contributed by atoms with Crippen LogP contribution in [0.3, 0.4) is 0 Å². The van der Waals surface area contributed by atoms with Gasteiger partial charge in [-0.2, -0.15) is 0 Å². The predicted molar refractivity (Wildman–Crippen MR) is 96.4 cm³/mol. The normalized spacial score (nSPS) is 15.0. The van der Waals surface area contributed by atoms with Crippen molar-refractivity contribution in [1.29, 1.82) is 0 Å². The van der Waals surface area contributed by atoms with Gasteiger partial charge in [-0.1, -0.05) is 19.9 Å². The molecule has 0 N–H and O–H groups in total. The Morgan fingerprint density at radius 1 is 1.14 bits per heavy atom. The van der Waals surface area contributed by atoms with Crippen LogP contribution in [-0.4, -0.2) is 63.8 Å². The minimum atomic E-state index is 0.506. The van der Waals surface area contributed by atoms with Crippen molar-refractivity contribution in [3.8, 4) is 0 Å². The minimum absolute atomic E-state index is 0.506. The Bertz CT molecular complexity index is 384. The van der Waals surface area contributed by atoms with Crippen molar-refractivity contribution in [3.05, 3.63) is 35.8 Å². The van der Waals surface area contributed by atoms with Crippen molar-refractivity contribution >= 4 is 0 Å². The number of likely N-dealkylation sites (N-methyl/N-ethyl adjacent to an activating group) is 1. The molecule has 0 fully saturated rings. The van der Waals surface area contributed by atoms with E-state index in [0.717, 1.165) is 19.4 Å². The second-order valence-electron chi connectivity index (χ2n) is 6.00. The highest BCUT2D eigenvalue weighted by atomic mass is 16.5. The Kier molecular flexibility index (Phi) is 10.7. The van der Waals surface area contributed by atoms with E-state index < -0.39 is 0 Å². The third kappa shape index (κ3) is 7.66. The molecule has 1 unspecified atom stereocenters. The summed E-state index contributed by atoms with van der Waals surface area (Å²) in [6, 6.07) is 0. The van der Waals surface area contributed by atoms with Gasteiger partial charge in [0.05, 0.1) is 13.4 Å². The zero-order chi connectivity index (χ0) is 17.1. The van der Waals surface area contributed by atoms with Gasteiger partial charge >= 0.3 is 0 Å². The van der Waals surface area contributed by atoms with Gasteiger partial charge in [0.25, 0.3) is 0 Å². The van der Waals surface area contributed by atoms with Crippen LogP contribution in [0, 0.1) is 5.92 Å². The van der Waals surface area contributed by atoms with Crippen molar-refractivity contribution in [1.82, 2.24) is 14.9 Å². The fourth-order valence-corrected chi connectivity index (χ4v) is 2.23. The fraction of sp³-hybridized carbons (Fsp3) is 0.667. The molecule has 128 valence electrons. The summed E-state index contributed by atoms with van der Waals surface area (Å²) in [6.45, 7) is 5.54. The van der Waals surface area contributed by atoms with Crippen molar-refractivity contribution in [2.45, 2.75) is 26.7 Å². The van der Waals surface area contributed by atoms with Crippen LogP contribution < -0.4 is 0 Å². The van der Waals surface area contributed by atoms with E-state index in [4.69, 9.17) is 4.74 Å². The molecule has 0 saturated carbocycles. The number of hydrogen-bond acceptors (Lipinski definition) is 4. The Labute approximate surface area is 137 Å². The van der Waals surface area contributed by atoms with E-state index in [0.29, 0.717) is 5.92 Å². The molecule has 0 rings (SSSR count). The van der Waals surface area contributed by atoms with Crippen LogP contribution >= 0.6 is 0 Å². The standard InChI is InChI=1S/C18H35N3O/c1-9-11-17(16(2)13-14-21(7)20(5)6)18(19(3)4)12-10-15-22-8/h10-12,15-16H,9,13-14H2,1-8H3/b15-10+,17-11-,18-12+. The van der Waals surface area contributed by atoms with Crippen molar-refractivity contribution in [2.24, 2.45) is 5.92 Å². The lowest BCUT2D eigenvalue weighted by molar-refractivity contribution is 0.0520. The molecule has 0 aliphatic carbocycles. The molecule has 0 radical (unpaired) electrons. The van der Waals surface area contributed by atoms with Gasteiger partial charge < -0.3 is 9.64 Å². The number of nitrogens with zero attached hydrogens (tertiary/aromatic N) is 3. The maximum Gasteiger partial charge on any atom is 0.0825 e. The van der Waals surface area contributed by atoms with Crippen LogP contribution in [0.1, 0.15) is 26.7 Å². The van der Waals surface area contributed by atoms with Crippen LogP contribution in [0.25, 0.3) is 0 Å². The van der Waals surface area contributed by atoms with Gasteiger partial charge in [0.2, 0.25) is 0 Å². The Morgan fingerprint density at radius 2 is 1.77 bits per heavy atom. The van der Waals surface area contributed by atoms with Gasteiger partial charge in [0, 0.05) is 47.5 Å². The average Bonchev–Trinajstić information content (AvgIpc) is 2.46. The summed E-state index contributed by atoms with van der Waals surface area (Å²) in [4.78, 5) is 2.17. The predicted octanol–water partition coefficient (Wildman–Crippen LogP) is 3.36. The lowest BCUT2D eigenvalue weighted by Crippen LogP contribution is -2.34. The van der Waals surface area contributed by atoms with Gasteiger partial charge in [-0.15, -0.1) is 0 Å². The average molecular weight is 309 g/mol. The molecule has 0 aromatic heterocycles. The zero-order valence-corrected chi connectivity index (χ0v) is 15.8. The Hall–Kier alpha value is -1.26. The second kappa shape index (κ2) is 11.3. The van der Waals surface area contributed by atoms with Crippen LogP contribution in [0.2, 0.25) is 0 Å². The quantitative estimate of drug-likeness (QED) is 0.350. The number of hydrazine groups is 1. The molecule has 0 aliphatic rings. The Balaban J connectivity index is 5.12. The fourth-order valence-electron chi connectivity index (χ4n) is 2.23. The summed E-state index contributed by atoms with van der Waals surface area (Å²) in [7, 11) is 12.1. The maximum absolute atomic E-state index is 5.00. The monoisotopic (exact) mass is 309 g/mol. The van der Waals surface area contributed by atoms with E-state index in [1.807, 2.05) is 6.08 Å². The van der Waals surface area contributed by atoms with Gasteiger partial charge in [-0.3, -0.25) is 0 Å². The third-order valence-electron chi connectivity index (χ3n) is 3.77. The van der Waals surface area contributed by atoms with E-state index in [9.17, 15) is 0 Å². The molecule has 4 nitrogen and oxygen atoms in total. The molecule has 0 aliphatic heterocycles. The smallest absolute Gasteiger partial charge is 0.0825 e. The SMILES string of the molecule is CC\C=C(/C(=C\C=C\OC)N(C)C)C(C)CCN(C)N(C)C. The van der Waals surface area contributed by atoms with Crippen molar-refractivity contribution in [3.63, 3.8) is 0 Å². The molecular weight excluding hydrogens is 274 g/mol. The summed E-state index contributed by atoms with van der Waals surface area (Å²) in [5, 5.41) is 4.36. The van der Waals surface area contributed by atoms with E-state index in [-0.39, 0.29) is 0 Å². The topological polar surface area (TPSA) is 19.0 Å². The van der Waals surface area contributed by atoms with Crippen LogP contribution in [0.5, 0.6) is 0 Å². The van der Waals surface area contributed by atoms with E-state index in [2.05, 4.69) is 76.2 Å². The summed E-state index contributed by atoms with van der Waals surface area (Å²) >= 11 is 0. The molecule has 4 heteroatoms. The molecule has 0 saturated heterocycles. The van der Waals surface area contributed by atoms with E-state index >= 15 is 0 Å². The lowest BCUT2D eigenvalue weighted by Gasteiger charge is -2.28. The number of ether oxygens (including phenoxy) is 1. The van der Waals surface area contributed by atoms with Crippen LogP contribution in [0.4, 0.5) is 0 Å². The first-order valence-electron chi connectivity index (χ1n) is 8.00. The van der Waals surface area contributed by atoms with Gasteiger partial charge in [0.15, 0.2) is 0 Å². The van der Waals surface area contributed by atoms with Crippen molar-refractivity contribution in [2.75, 3.05) is 48.9 Å². The minimum Gasteiger partial charge on any atom is -0.504 e. The number of methoxy groups -OCH3 is 1. The number of rotatable bonds is 10. The van der Waals surface area contributed by atoms with Crippen molar-refractivity contribution < 1.29 is 4.74 Å². The van der Waals surface area contributed by atoms with Crippen LogP contribution in [-0.2, 0) is 4.74 Å². The molecular formula is C18H35N3O. The summed E-state index contributed by atoms with van der Waals surface area (Å²) in [5.74, 6) is 0.506. The van der Waals surface area contributed by atoms with Gasteiger partial charge in [0.1, 0.15) is 0 Å². The first-order chi connectivity index (χ1) is 10.3. The summed E-state index contributed by atoms with van der Waals surface area (Å²) in [5.41, 5.74) is 2.65. The summed E-state index contributed by atoms with van der Waals surface area (Å²) in [6.07, 6.45) is 10.3. The largest absolute Gasteiger partial charge is 0.504 e. The molecule has 0 heterocycles. The highest BCUT2D eigenvalue weighted by molar-refractivity contribution is 5.34. The third-order valence-corrected chi connectivity index (χ3v) is 3.77. The second-order valence-corrected chi connectivity index (χ2v) is 6.00. The molecule has 0 amide bonds. The molecule has 0 spiro atoms. The highest BCUT2D eigenvalue weighted by Crippen LogP contribution is 2.25. The summed E-state index contributed by atoms with van der Waals surface area (Å²) < 4.78 is 5.00. The first kappa shape index (κ1) is 20.7. The van der Waals surface area contributed by atoms with Gasteiger partial charge in [-0.05, 0) is 36.5 Å². The molecule has 22 heavy (non-hydrogen) atoms. The zero-order valence-electron chi connectivity index (χ0n) is 15.8. The van der Waals surface area contributed by atoms with E-state index in [1.165, 1.54) is 11.3 Å². The van der Waals surface area contributed by atoms with Crippen LogP contribution in [0.15, 0.2) is 35.8 Å². The Morgan fingerprint density at radius 3 is 2.23 bits per heavy atom. The number of allylic oxidation sites excluding steroid dienone is 4. The maximum atomic E-state index is 5.00. The highest BCUT2D eigenvalue weighted by Gasteiger charge is 2.15. The van der Waals surface area contributed by atoms with E-state index in [1.54, 1.807) is 13.4 Å². The lowest BCUT2D eigenvalue weighted by atomic mass is 9.93.